The van der Waals surface area contributed by atoms with Crippen LogP contribution in [0.3, 0.4) is 0 Å². The van der Waals surface area contributed by atoms with Crippen LogP contribution in [0.25, 0.3) is 0 Å². The van der Waals surface area contributed by atoms with Crippen molar-refractivity contribution < 1.29 is 23.3 Å². The highest BCUT2D eigenvalue weighted by atomic mass is 32.2. The van der Waals surface area contributed by atoms with E-state index < -0.39 is 40.8 Å². The molecule has 0 spiro atoms. The number of hydrogen-bond acceptors (Lipinski definition) is 5. The molecule has 0 heterocycles. The number of ether oxygens (including phenoxy) is 1. The van der Waals surface area contributed by atoms with E-state index in [4.69, 9.17) is 10.5 Å². The number of carbonyl (C=O) groups excluding carboxylic acids is 3. The summed E-state index contributed by atoms with van der Waals surface area (Å²) in [5.41, 5.74) is 6.25. The summed E-state index contributed by atoms with van der Waals surface area (Å²) in [6.07, 6.45) is -0.644. The first-order valence-corrected chi connectivity index (χ1v) is 11.6. The SMILES string of the molecule is CC(C)[C@@H](NC(=O)OCc1ccccc1)C(=O)N[C@H](CC[S@@](=O)c1ccccc1)C(N)=O. The van der Waals surface area contributed by atoms with Gasteiger partial charge < -0.3 is 21.1 Å². The lowest BCUT2D eigenvalue weighted by atomic mass is 10.0. The molecule has 2 aromatic rings. The highest BCUT2D eigenvalue weighted by Crippen LogP contribution is 2.09. The average Bonchev–Trinajstić information content (AvgIpc) is 2.79. The molecule has 0 aromatic heterocycles. The summed E-state index contributed by atoms with van der Waals surface area (Å²) in [5.74, 6) is -1.42. The largest absolute Gasteiger partial charge is 0.445 e. The number of carbonyl (C=O) groups is 3. The van der Waals surface area contributed by atoms with E-state index in [0.29, 0.717) is 4.90 Å². The van der Waals surface area contributed by atoms with Crippen LogP contribution in [0.5, 0.6) is 0 Å². The number of amides is 3. The fourth-order valence-corrected chi connectivity index (χ4v) is 4.03. The molecule has 4 N–H and O–H groups in total. The van der Waals surface area contributed by atoms with Crippen LogP contribution >= 0.6 is 0 Å². The normalized spacial score (nSPS) is 13.6. The van der Waals surface area contributed by atoms with Crippen LogP contribution in [-0.2, 0) is 31.7 Å². The van der Waals surface area contributed by atoms with Gasteiger partial charge in [0.2, 0.25) is 11.8 Å². The molecule has 0 fully saturated rings. The lowest BCUT2D eigenvalue weighted by Gasteiger charge is -2.24. The monoisotopic (exact) mass is 459 g/mol. The number of nitrogens with two attached hydrogens (primary N) is 1. The minimum absolute atomic E-state index is 0.0638. The zero-order valence-electron chi connectivity index (χ0n) is 18.2. The van der Waals surface area contributed by atoms with Crippen molar-refractivity contribution >= 4 is 28.7 Å². The third kappa shape index (κ3) is 8.14. The quantitative estimate of drug-likeness (QED) is 0.474. The Bertz CT molecular complexity index is 922. The average molecular weight is 460 g/mol. The van der Waals surface area contributed by atoms with Crippen LogP contribution in [0.2, 0.25) is 0 Å². The molecular weight excluding hydrogens is 430 g/mol. The molecule has 0 radical (unpaired) electrons. The van der Waals surface area contributed by atoms with Gasteiger partial charge in [-0.25, -0.2) is 4.79 Å². The summed E-state index contributed by atoms with van der Waals surface area (Å²) in [4.78, 5) is 37.4. The van der Waals surface area contributed by atoms with Crippen molar-refractivity contribution in [3.05, 3.63) is 66.2 Å². The molecule has 32 heavy (non-hydrogen) atoms. The van der Waals surface area contributed by atoms with Crippen molar-refractivity contribution in [3.63, 3.8) is 0 Å². The molecule has 3 amide bonds. The van der Waals surface area contributed by atoms with Gasteiger partial charge in [-0.3, -0.25) is 13.8 Å². The van der Waals surface area contributed by atoms with E-state index in [2.05, 4.69) is 10.6 Å². The van der Waals surface area contributed by atoms with Crippen molar-refractivity contribution in [2.24, 2.45) is 11.7 Å². The fourth-order valence-electron chi connectivity index (χ4n) is 2.89. The lowest BCUT2D eigenvalue weighted by Crippen LogP contribution is -2.55. The van der Waals surface area contributed by atoms with Gasteiger partial charge >= 0.3 is 6.09 Å². The van der Waals surface area contributed by atoms with Crippen LogP contribution in [0.4, 0.5) is 4.79 Å². The van der Waals surface area contributed by atoms with Gasteiger partial charge in [0.05, 0.1) is 10.8 Å². The lowest BCUT2D eigenvalue weighted by molar-refractivity contribution is -0.129. The zero-order chi connectivity index (χ0) is 23.5. The van der Waals surface area contributed by atoms with E-state index in [1.165, 1.54) is 0 Å². The van der Waals surface area contributed by atoms with Crippen LogP contribution in [0.15, 0.2) is 65.6 Å². The van der Waals surface area contributed by atoms with Gasteiger partial charge in [-0.15, -0.1) is 0 Å². The Kier molecular flexibility index (Phi) is 9.87. The molecule has 0 bridgehead atoms. The molecule has 172 valence electrons. The van der Waals surface area contributed by atoms with Crippen molar-refractivity contribution in [2.45, 2.75) is 43.9 Å². The minimum Gasteiger partial charge on any atom is -0.445 e. The van der Waals surface area contributed by atoms with Crippen molar-refractivity contribution in [1.29, 1.82) is 0 Å². The Morgan fingerprint density at radius 2 is 1.56 bits per heavy atom. The summed E-state index contributed by atoms with van der Waals surface area (Å²) in [7, 11) is -1.33. The predicted molar refractivity (Wildman–Crippen MR) is 122 cm³/mol. The van der Waals surface area contributed by atoms with Crippen molar-refractivity contribution in [2.75, 3.05) is 5.75 Å². The number of rotatable bonds is 11. The highest BCUT2D eigenvalue weighted by Gasteiger charge is 2.28. The zero-order valence-corrected chi connectivity index (χ0v) is 19.0. The molecule has 0 aliphatic heterocycles. The van der Waals surface area contributed by atoms with E-state index in [9.17, 15) is 18.6 Å². The van der Waals surface area contributed by atoms with Gasteiger partial charge in [-0.2, -0.15) is 0 Å². The minimum atomic E-state index is -1.33. The smallest absolute Gasteiger partial charge is 0.408 e. The van der Waals surface area contributed by atoms with Gasteiger partial charge in [0.15, 0.2) is 0 Å². The van der Waals surface area contributed by atoms with Gasteiger partial charge in [-0.05, 0) is 30.0 Å². The number of alkyl carbamates (subject to hydrolysis) is 1. The van der Waals surface area contributed by atoms with Gasteiger partial charge in [0, 0.05) is 10.6 Å². The van der Waals surface area contributed by atoms with Crippen LogP contribution < -0.4 is 16.4 Å². The maximum absolute atomic E-state index is 12.8. The Labute approximate surface area is 190 Å². The first-order chi connectivity index (χ1) is 15.3. The molecule has 0 aliphatic rings. The first kappa shape index (κ1) is 25.1. The van der Waals surface area contributed by atoms with Gasteiger partial charge in [0.25, 0.3) is 0 Å². The second-order valence-electron chi connectivity index (χ2n) is 7.54. The Morgan fingerprint density at radius 1 is 0.969 bits per heavy atom. The molecule has 0 aliphatic carbocycles. The summed E-state index contributed by atoms with van der Waals surface area (Å²) in [6.45, 7) is 3.57. The maximum Gasteiger partial charge on any atom is 0.408 e. The van der Waals surface area contributed by atoms with Gasteiger partial charge in [-0.1, -0.05) is 62.4 Å². The molecule has 2 aromatic carbocycles. The fraction of sp³-hybridized carbons (Fsp3) is 0.348. The number of benzene rings is 2. The second-order valence-corrected chi connectivity index (χ2v) is 9.11. The standard InChI is InChI=1S/C23H29N3O5S/c1-16(2)20(26-23(29)31-15-17-9-5-3-6-10-17)22(28)25-19(21(24)27)13-14-32(30)18-11-7-4-8-12-18/h3-12,16,19-20H,13-15H2,1-2H3,(H2,24,27)(H,25,28)(H,26,29)/t19-,20-,32-/m1/s1. The maximum atomic E-state index is 12.8. The number of nitrogens with one attached hydrogen (secondary N) is 2. The van der Waals surface area contributed by atoms with E-state index >= 15 is 0 Å². The third-order valence-electron chi connectivity index (χ3n) is 4.69. The van der Waals surface area contributed by atoms with Gasteiger partial charge in [0.1, 0.15) is 18.7 Å². The Balaban J connectivity index is 1.92. The third-order valence-corrected chi connectivity index (χ3v) is 6.10. The number of hydrogen-bond donors (Lipinski definition) is 3. The number of primary amides is 1. The summed E-state index contributed by atoms with van der Waals surface area (Å²) < 4.78 is 17.6. The topological polar surface area (TPSA) is 128 Å². The van der Waals surface area contributed by atoms with Crippen LogP contribution in [-0.4, -0.2) is 40.0 Å². The summed E-state index contributed by atoms with van der Waals surface area (Å²) in [6, 6.07) is 16.0. The first-order valence-electron chi connectivity index (χ1n) is 10.3. The van der Waals surface area contributed by atoms with E-state index in [1.54, 1.807) is 38.1 Å². The van der Waals surface area contributed by atoms with E-state index in [0.717, 1.165) is 5.56 Å². The summed E-state index contributed by atoms with van der Waals surface area (Å²) >= 11 is 0. The molecule has 8 nitrogen and oxygen atoms in total. The van der Waals surface area contributed by atoms with E-state index in [1.807, 2.05) is 36.4 Å². The molecule has 9 heteroatoms. The van der Waals surface area contributed by atoms with E-state index in [-0.39, 0.29) is 24.7 Å². The molecule has 0 saturated carbocycles. The van der Waals surface area contributed by atoms with Crippen molar-refractivity contribution in [3.8, 4) is 0 Å². The molecule has 0 unspecified atom stereocenters. The van der Waals surface area contributed by atoms with Crippen LogP contribution in [0, 0.1) is 5.92 Å². The molecule has 0 saturated heterocycles. The molecule has 3 atom stereocenters. The highest BCUT2D eigenvalue weighted by molar-refractivity contribution is 7.85. The predicted octanol–water partition coefficient (Wildman–Crippen LogP) is 2.11. The molecule has 2 rings (SSSR count). The summed E-state index contributed by atoms with van der Waals surface area (Å²) in [5, 5.41) is 5.10. The molecular formula is C23H29N3O5S. The van der Waals surface area contributed by atoms with Crippen molar-refractivity contribution in [1.82, 2.24) is 10.6 Å². The Hall–Kier alpha value is -3.20. The second kappa shape index (κ2) is 12.6. The Morgan fingerprint density at radius 3 is 2.12 bits per heavy atom. The van der Waals surface area contributed by atoms with Crippen LogP contribution in [0.1, 0.15) is 25.8 Å².